The van der Waals surface area contributed by atoms with Gasteiger partial charge in [-0.1, -0.05) is 77.4 Å². The zero-order valence-electron chi connectivity index (χ0n) is 46.7. The van der Waals surface area contributed by atoms with E-state index in [2.05, 4.69) is 42.6 Å². The number of anilines is 1. The average Bonchev–Trinajstić information content (AvgIpc) is 4.46. The molecule has 2 aliphatic heterocycles. The summed E-state index contributed by atoms with van der Waals surface area (Å²) in [7, 11) is 1.58. The highest BCUT2D eigenvalue weighted by molar-refractivity contribution is 7.13. The van der Waals surface area contributed by atoms with Crippen molar-refractivity contribution in [2.75, 3.05) is 78.0 Å². The third kappa shape index (κ3) is 14.7. The second kappa shape index (κ2) is 28.0. The van der Waals surface area contributed by atoms with E-state index in [1.165, 1.54) is 4.90 Å². The minimum atomic E-state index is -0.942. The first-order valence-electron chi connectivity index (χ1n) is 27.6. The van der Waals surface area contributed by atoms with E-state index < -0.39 is 29.5 Å². The number of hydrogen-bond acceptors (Lipinski definition) is 16. The second-order valence-electron chi connectivity index (χ2n) is 21.3. The van der Waals surface area contributed by atoms with E-state index in [0.717, 1.165) is 76.6 Å². The van der Waals surface area contributed by atoms with Crippen LogP contribution in [0.1, 0.15) is 117 Å². The Morgan fingerprint density at radius 1 is 0.912 bits per heavy atom. The normalized spacial score (nSPS) is 17.4. The number of nitrogens with one attached hydrogen (secondary N) is 3. The molecule has 22 heteroatoms. The van der Waals surface area contributed by atoms with Crippen molar-refractivity contribution in [1.29, 1.82) is 0 Å². The Balaban J connectivity index is 0.674. The van der Waals surface area contributed by atoms with Crippen LogP contribution in [0.15, 0.2) is 60.5 Å². The highest BCUT2D eigenvalue weighted by Gasteiger charge is 2.45. The van der Waals surface area contributed by atoms with Crippen LogP contribution in [0, 0.1) is 18.9 Å². The molecule has 21 nitrogen and oxygen atoms in total. The van der Waals surface area contributed by atoms with Crippen LogP contribution in [-0.2, 0) is 46.3 Å². The Labute approximate surface area is 471 Å². The van der Waals surface area contributed by atoms with Gasteiger partial charge in [-0.3, -0.25) is 23.7 Å². The summed E-state index contributed by atoms with van der Waals surface area (Å²) in [6.45, 7) is 20.2. The molecule has 0 spiro atoms. The summed E-state index contributed by atoms with van der Waals surface area (Å²) >= 11 is 1.57. The van der Waals surface area contributed by atoms with Crippen molar-refractivity contribution in [3.8, 4) is 21.9 Å². The number of β-amino-alcohol motifs (C(OH)–C–C–N with tert-alkyl or cyclic N) is 1. The van der Waals surface area contributed by atoms with Crippen LogP contribution in [-0.4, -0.2) is 155 Å². The van der Waals surface area contributed by atoms with E-state index in [1.807, 2.05) is 74.3 Å². The lowest BCUT2D eigenvalue weighted by Crippen LogP contribution is -2.57. The van der Waals surface area contributed by atoms with Gasteiger partial charge < -0.3 is 59.4 Å². The Kier molecular flexibility index (Phi) is 20.8. The number of thiazole rings is 1. The van der Waals surface area contributed by atoms with Crippen molar-refractivity contribution in [1.82, 2.24) is 45.4 Å². The van der Waals surface area contributed by atoms with Gasteiger partial charge in [-0.05, 0) is 54.9 Å². The van der Waals surface area contributed by atoms with Gasteiger partial charge >= 0.3 is 0 Å². The lowest BCUT2D eigenvalue weighted by molar-refractivity contribution is -0.144. The quantitative estimate of drug-likeness (QED) is 0.0326. The fourth-order valence-electron chi connectivity index (χ4n) is 10.5. The third-order valence-corrected chi connectivity index (χ3v) is 15.7. The number of ether oxygens (including phenoxy) is 5. The molecule has 1 saturated carbocycles. The van der Waals surface area contributed by atoms with Crippen molar-refractivity contribution in [2.24, 2.45) is 5.41 Å². The minimum Gasteiger partial charge on any atom is -0.496 e. The topological polar surface area (TPSA) is 238 Å². The van der Waals surface area contributed by atoms with Gasteiger partial charge in [0.2, 0.25) is 17.7 Å². The van der Waals surface area contributed by atoms with Gasteiger partial charge in [-0.15, -0.1) is 16.3 Å². The maximum Gasteiger partial charge on any atom is 0.293 e. The number of methoxy groups -OCH3 is 1. The monoisotopic (exact) mass is 1120 g/mol. The van der Waals surface area contributed by atoms with Gasteiger partial charge in [0.15, 0.2) is 12.1 Å². The number of fused-ring (bicyclic) bond motifs is 3. The molecule has 4 N–H and O–H groups in total. The van der Waals surface area contributed by atoms with Crippen LogP contribution in [0.3, 0.4) is 0 Å². The molecular weight excluding hydrogens is 1040 g/mol. The van der Waals surface area contributed by atoms with E-state index in [9.17, 15) is 24.3 Å². The summed E-state index contributed by atoms with van der Waals surface area (Å²) in [5, 5.41) is 19.3. The van der Waals surface area contributed by atoms with E-state index >= 15 is 0 Å². The number of aliphatic hydroxyl groups is 1. The number of aryl methyl sites for hydroxylation is 1. The SMILES string of the molecule is [C-]#[N+]c1ncn2c1[C@@H](CC)N(C1CCCC1)c1nc(Cc3ccc(C(=O)NCCOCCOCCOCCOCCC(=O)N[C@H](C(=O)N4C[C@H](O)C[C@H]4C(=O)NCc4ccc(-c5scnc5C)cc4)C(C)(C)C)cc3OC)ncc1-2. The number of carbonyl (C=O) groups is 4. The van der Waals surface area contributed by atoms with E-state index in [-0.39, 0.29) is 62.9 Å². The molecule has 3 aliphatic rings. The third-order valence-electron chi connectivity index (χ3n) is 14.7. The fourth-order valence-corrected chi connectivity index (χ4v) is 11.4. The maximum absolute atomic E-state index is 14.0. The predicted molar refractivity (Wildman–Crippen MR) is 301 cm³/mol. The molecule has 5 aromatic rings. The Morgan fingerprint density at radius 3 is 2.26 bits per heavy atom. The highest BCUT2D eigenvalue weighted by atomic mass is 32.1. The van der Waals surface area contributed by atoms with E-state index in [4.69, 9.17) is 40.2 Å². The number of nitrogens with zero attached hydrogens (tertiary/aromatic N) is 8. The van der Waals surface area contributed by atoms with Crippen molar-refractivity contribution >= 4 is 46.6 Å². The number of imidazole rings is 1. The van der Waals surface area contributed by atoms with Crippen LogP contribution in [0.5, 0.6) is 5.75 Å². The van der Waals surface area contributed by atoms with Gasteiger partial charge in [-0.25, -0.2) is 15.0 Å². The summed E-state index contributed by atoms with van der Waals surface area (Å²) in [5.41, 5.74) is 7.04. The molecule has 2 fully saturated rings. The van der Waals surface area contributed by atoms with Gasteiger partial charge in [0.25, 0.3) is 11.7 Å². The Bertz CT molecular complexity index is 2950. The molecule has 4 atom stereocenters. The number of benzene rings is 2. The van der Waals surface area contributed by atoms with Crippen molar-refractivity contribution in [2.45, 2.75) is 123 Å². The first-order chi connectivity index (χ1) is 38.7. The van der Waals surface area contributed by atoms with Crippen molar-refractivity contribution in [3.63, 3.8) is 0 Å². The second-order valence-corrected chi connectivity index (χ2v) is 22.2. The number of carbonyl (C=O) groups excluding carboxylic acids is 4. The molecule has 3 aromatic heterocycles. The van der Waals surface area contributed by atoms with Crippen LogP contribution < -0.4 is 25.6 Å². The predicted octanol–water partition coefficient (Wildman–Crippen LogP) is 6.45. The molecular formula is C58H75N11O10S. The number of amides is 4. The Hall–Kier alpha value is -6.87. The largest absolute Gasteiger partial charge is 0.496 e. The number of hydrogen-bond donors (Lipinski definition) is 4. The van der Waals surface area contributed by atoms with Crippen molar-refractivity contribution in [3.05, 3.63) is 106 Å². The summed E-state index contributed by atoms with van der Waals surface area (Å²) in [4.78, 5) is 80.9. The standard InChI is InChI=1S/C58H75N11O10S/c1-8-44-50-53(59-6)63-35-68(50)46-33-61-48(65-54(46)69(44)42-11-9-10-12-42)30-40-17-18-41(29-47(40)75-7)55(72)60-20-22-77-24-26-79-28-27-78-25-23-76-21-19-49(71)66-52(58(3,4)5)57(74)67-34-43(70)31-45(67)56(73)62-32-38-13-15-39(16-14-38)51-37(2)64-36-80-51/h13-18,29,33,35-36,42-45,52,70H,8-12,19-28,30-32,34H2,1-5,7H3,(H,60,72)(H,62,73)(H,66,71)/t43-,44-,45+,52-/m1/s1. The molecule has 8 rings (SSSR count). The number of rotatable bonds is 27. The zero-order valence-corrected chi connectivity index (χ0v) is 47.5. The van der Waals surface area contributed by atoms with Crippen LogP contribution in [0.2, 0.25) is 0 Å². The summed E-state index contributed by atoms with van der Waals surface area (Å²) in [5.74, 6) is 1.03. The number of likely N-dealkylation sites (tertiary alicyclic amines) is 1. The fraction of sp³-hybridized carbons (Fsp3) is 0.534. The van der Waals surface area contributed by atoms with Gasteiger partial charge in [-0.2, -0.15) is 0 Å². The van der Waals surface area contributed by atoms with Crippen LogP contribution in [0.25, 0.3) is 21.0 Å². The molecule has 1 aliphatic carbocycles. The summed E-state index contributed by atoms with van der Waals surface area (Å²) in [6, 6.07) is 11.7. The molecule has 80 heavy (non-hydrogen) atoms. The molecule has 0 unspecified atom stereocenters. The van der Waals surface area contributed by atoms with E-state index in [0.29, 0.717) is 81.6 Å². The molecule has 4 amide bonds. The average molecular weight is 1120 g/mol. The molecule has 0 radical (unpaired) electrons. The first kappa shape index (κ1) is 59.3. The summed E-state index contributed by atoms with van der Waals surface area (Å²) in [6.07, 6.45) is 8.45. The first-order valence-corrected chi connectivity index (χ1v) is 28.5. The molecule has 5 heterocycles. The molecule has 428 valence electrons. The van der Waals surface area contributed by atoms with Gasteiger partial charge in [0.05, 0.1) is 100 Å². The number of aromatic nitrogens is 5. The minimum absolute atomic E-state index is 0.0123. The molecule has 0 bridgehead atoms. The van der Waals surface area contributed by atoms with Crippen molar-refractivity contribution < 1.29 is 48.0 Å². The smallest absolute Gasteiger partial charge is 0.293 e. The molecule has 1 saturated heterocycles. The lowest BCUT2D eigenvalue weighted by atomic mass is 9.85. The van der Waals surface area contributed by atoms with E-state index in [1.54, 1.807) is 36.9 Å². The van der Waals surface area contributed by atoms with Gasteiger partial charge in [0, 0.05) is 56.1 Å². The van der Waals surface area contributed by atoms with Crippen LogP contribution >= 0.6 is 11.3 Å². The number of aliphatic hydroxyl groups excluding tert-OH is 1. The lowest BCUT2D eigenvalue weighted by Gasteiger charge is -2.42. The molecule has 2 aromatic carbocycles. The maximum atomic E-state index is 14.0. The summed E-state index contributed by atoms with van der Waals surface area (Å²) < 4.78 is 30.2. The zero-order chi connectivity index (χ0) is 56.8. The van der Waals surface area contributed by atoms with Crippen LogP contribution in [0.4, 0.5) is 11.6 Å². The highest BCUT2D eigenvalue weighted by Crippen LogP contribution is 2.46. The van der Waals surface area contributed by atoms with Gasteiger partial charge in [0.1, 0.15) is 29.3 Å². The Morgan fingerprint density at radius 2 is 1.61 bits per heavy atom.